The predicted molar refractivity (Wildman–Crippen MR) is 99.2 cm³/mol. The van der Waals surface area contributed by atoms with Gasteiger partial charge in [0, 0.05) is 50.5 Å². The van der Waals surface area contributed by atoms with Crippen molar-refractivity contribution in [2.24, 2.45) is 0 Å². The van der Waals surface area contributed by atoms with Gasteiger partial charge in [-0.15, -0.1) is 0 Å². The fraction of sp³-hybridized carbons (Fsp3) is 0.632. The molecular formula is C19H29N3O3. The molecule has 1 aromatic carbocycles. The second-order valence-corrected chi connectivity index (χ2v) is 6.96. The van der Waals surface area contributed by atoms with Gasteiger partial charge in [-0.2, -0.15) is 0 Å². The van der Waals surface area contributed by atoms with Crippen molar-refractivity contribution in [2.75, 3.05) is 56.2 Å². The van der Waals surface area contributed by atoms with Gasteiger partial charge in [-0.3, -0.25) is 9.69 Å². The molecule has 2 saturated heterocycles. The van der Waals surface area contributed by atoms with Crippen LogP contribution in [-0.4, -0.2) is 69.0 Å². The zero-order chi connectivity index (χ0) is 17.6. The summed E-state index contributed by atoms with van der Waals surface area (Å²) in [6, 6.07) is 8.07. The molecule has 138 valence electrons. The molecule has 6 heteroatoms. The Morgan fingerprint density at radius 3 is 2.40 bits per heavy atom. The summed E-state index contributed by atoms with van der Waals surface area (Å²) < 4.78 is 11.1. The van der Waals surface area contributed by atoms with Crippen LogP contribution in [0.5, 0.6) is 0 Å². The van der Waals surface area contributed by atoms with Crippen LogP contribution in [0.1, 0.15) is 20.3 Å². The number of nitrogens with one attached hydrogen (secondary N) is 1. The molecule has 2 atom stereocenters. The summed E-state index contributed by atoms with van der Waals surface area (Å²) in [4.78, 5) is 16.8. The van der Waals surface area contributed by atoms with E-state index in [1.807, 2.05) is 12.1 Å². The van der Waals surface area contributed by atoms with Crippen LogP contribution in [0.15, 0.2) is 24.3 Å². The smallest absolute Gasteiger partial charge is 0.225 e. The van der Waals surface area contributed by atoms with E-state index in [-0.39, 0.29) is 18.1 Å². The Bertz CT molecular complexity index is 548. The molecule has 2 fully saturated rings. The number of anilines is 2. The lowest BCUT2D eigenvalue weighted by Gasteiger charge is -2.35. The van der Waals surface area contributed by atoms with Crippen LogP contribution in [0.4, 0.5) is 11.4 Å². The Morgan fingerprint density at radius 2 is 1.76 bits per heavy atom. The van der Waals surface area contributed by atoms with Crippen LogP contribution in [0, 0.1) is 0 Å². The molecule has 3 rings (SSSR count). The molecule has 0 radical (unpaired) electrons. The van der Waals surface area contributed by atoms with E-state index in [2.05, 4.69) is 41.1 Å². The minimum absolute atomic E-state index is 0.0610. The van der Waals surface area contributed by atoms with E-state index in [4.69, 9.17) is 9.47 Å². The van der Waals surface area contributed by atoms with Crippen molar-refractivity contribution in [1.82, 2.24) is 4.90 Å². The number of ether oxygens (including phenoxy) is 2. The Morgan fingerprint density at radius 1 is 1.12 bits per heavy atom. The highest BCUT2D eigenvalue weighted by molar-refractivity contribution is 5.91. The molecular weight excluding hydrogens is 318 g/mol. The number of benzene rings is 1. The van der Waals surface area contributed by atoms with Gasteiger partial charge in [0.2, 0.25) is 5.91 Å². The van der Waals surface area contributed by atoms with E-state index in [0.29, 0.717) is 6.42 Å². The molecule has 2 aliphatic heterocycles. The van der Waals surface area contributed by atoms with Crippen LogP contribution in [-0.2, 0) is 14.3 Å². The predicted octanol–water partition coefficient (Wildman–Crippen LogP) is 1.96. The molecule has 0 spiro atoms. The number of morpholine rings is 2. The molecule has 2 heterocycles. The molecule has 6 nitrogen and oxygen atoms in total. The van der Waals surface area contributed by atoms with Gasteiger partial charge in [0.15, 0.2) is 0 Å². The highest BCUT2D eigenvalue weighted by Gasteiger charge is 2.22. The van der Waals surface area contributed by atoms with E-state index >= 15 is 0 Å². The zero-order valence-corrected chi connectivity index (χ0v) is 15.2. The normalized spacial score (nSPS) is 25.0. The number of amides is 1. The standard InChI is InChI=1S/C19H29N3O3/c1-15-13-21(14-16(2)25-15)8-7-19(23)20-17-3-5-18(6-4-17)22-9-11-24-12-10-22/h3-6,15-16H,7-14H2,1-2H3,(H,20,23)/t15-,16-/m1/s1. The third-order valence-electron chi connectivity index (χ3n) is 4.68. The topological polar surface area (TPSA) is 54.0 Å². The maximum atomic E-state index is 12.2. The van der Waals surface area contributed by atoms with Gasteiger partial charge in [-0.25, -0.2) is 0 Å². The first-order chi connectivity index (χ1) is 12.1. The number of carbonyl (C=O) groups excluding carboxylic acids is 1. The highest BCUT2D eigenvalue weighted by Crippen LogP contribution is 2.19. The maximum Gasteiger partial charge on any atom is 0.225 e. The van der Waals surface area contributed by atoms with Crippen molar-refractivity contribution in [2.45, 2.75) is 32.5 Å². The van der Waals surface area contributed by atoms with Crippen molar-refractivity contribution in [1.29, 1.82) is 0 Å². The first-order valence-corrected chi connectivity index (χ1v) is 9.20. The summed E-state index contributed by atoms with van der Waals surface area (Å²) >= 11 is 0. The average molecular weight is 347 g/mol. The van der Waals surface area contributed by atoms with Crippen molar-refractivity contribution in [3.8, 4) is 0 Å². The van der Waals surface area contributed by atoms with Crippen molar-refractivity contribution < 1.29 is 14.3 Å². The van der Waals surface area contributed by atoms with Crippen molar-refractivity contribution in [3.05, 3.63) is 24.3 Å². The monoisotopic (exact) mass is 347 g/mol. The lowest BCUT2D eigenvalue weighted by atomic mass is 10.2. The number of hydrogen-bond acceptors (Lipinski definition) is 5. The lowest BCUT2D eigenvalue weighted by molar-refractivity contribution is -0.117. The lowest BCUT2D eigenvalue weighted by Crippen LogP contribution is -2.46. The summed E-state index contributed by atoms with van der Waals surface area (Å²) in [7, 11) is 0. The second kappa shape index (κ2) is 8.65. The summed E-state index contributed by atoms with van der Waals surface area (Å²) in [6.45, 7) is 10.1. The third-order valence-corrected chi connectivity index (χ3v) is 4.68. The van der Waals surface area contributed by atoms with Crippen LogP contribution >= 0.6 is 0 Å². The van der Waals surface area contributed by atoms with Crippen molar-refractivity contribution in [3.63, 3.8) is 0 Å². The molecule has 0 unspecified atom stereocenters. The zero-order valence-electron chi connectivity index (χ0n) is 15.2. The van der Waals surface area contributed by atoms with E-state index in [1.54, 1.807) is 0 Å². The number of carbonyl (C=O) groups is 1. The SMILES string of the molecule is C[C@@H]1CN(CCC(=O)Nc2ccc(N3CCOCC3)cc2)C[C@@H](C)O1. The number of rotatable bonds is 5. The molecule has 25 heavy (non-hydrogen) atoms. The molecule has 1 amide bonds. The average Bonchev–Trinajstić information content (AvgIpc) is 2.61. The molecule has 1 N–H and O–H groups in total. The fourth-order valence-electron chi connectivity index (χ4n) is 3.53. The minimum atomic E-state index is 0.0610. The van der Waals surface area contributed by atoms with Crippen molar-refractivity contribution >= 4 is 17.3 Å². The van der Waals surface area contributed by atoms with Gasteiger partial charge in [0.25, 0.3) is 0 Å². The van der Waals surface area contributed by atoms with Crippen LogP contribution in [0.2, 0.25) is 0 Å². The molecule has 0 aromatic heterocycles. The Labute approximate surface area is 150 Å². The van der Waals surface area contributed by atoms with Gasteiger partial charge in [-0.05, 0) is 38.1 Å². The maximum absolute atomic E-state index is 12.2. The summed E-state index contributed by atoms with van der Waals surface area (Å²) in [5.41, 5.74) is 2.03. The first-order valence-electron chi connectivity index (χ1n) is 9.20. The Kier molecular flexibility index (Phi) is 6.29. The molecule has 0 bridgehead atoms. The van der Waals surface area contributed by atoms with Gasteiger partial charge in [0.05, 0.1) is 25.4 Å². The summed E-state index contributed by atoms with van der Waals surface area (Å²) in [5.74, 6) is 0.0610. The van der Waals surface area contributed by atoms with E-state index < -0.39 is 0 Å². The molecule has 0 aliphatic carbocycles. The molecule has 2 aliphatic rings. The van der Waals surface area contributed by atoms with E-state index in [1.165, 1.54) is 5.69 Å². The first kappa shape index (κ1) is 18.2. The number of hydrogen-bond donors (Lipinski definition) is 1. The van der Waals surface area contributed by atoms with Crippen LogP contribution in [0.25, 0.3) is 0 Å². The van der Waals surface area contributed by atoms with Crippen LogP contribution < -0.4 is 10.2 Å². The second-order valence-electron chi connectivity index (χ2n) is 6.96. The van der Waals surface area contributed by atoms with Gasteiger partial charge >= 0.3 is 0 Å². The van der Waals surface area contributed by atoms with Gasteiger partial charge in [-0.1, -0.05) is 0 Å². The summed E-state index contributed by atoms with van der Waals surface area (Å²) in [5, 5.41) is 2.99. The minimum Gasteiger partial charge on any atom is -0.378 e. The third kappa shape index (κ3) is 5.42. The fourth-order valence-corrected chi connectivity index (χ4v) is 3.53. The Hall–Kier alpha value is -1.63. The van der Waals surface area contributed by atoms with Gasteiger partial charge < -0.3 is 19.7 Å². The van der Waals surface area contributed by atoms with Gasteiger partial charge in [0.1, 0.15) is 0 Å². The van der Waals surface area contributed by atoms with E-state index in [0.717, 1.165) is 51.6 Å². The number of nitrogens with zero attached hydrogens (tertiary/aromatic N) is 2. The van der Waals surface area contributed by atoms with Crippen LogP contribution in [0.3, 0.4) is 0 Å². The molecule has 1 aromatic rings. The largest absolute Gasteiger partial charge is 0.378 e. The molecule has 0 saturated carbocycles. The summed E-state index contributed by atoms with van der Waals surface area (Å²) in [6.07, 6.45) is 0.976. The quantitative estimate of drug-likeness (QED) is 0.882. The van der Waals surface area contributed by atoms with E-state index in [9.17, 15) is 4.79 Å². The highest BCUT2D eigenvalue weighted by atomic mass is 16.5. The Balaban J connectivity index is 1.44.